The molecule has 0 aromatic rings. The third-order valence-corrected chi connectivity index (χ3v) is 6.49. The highest BCUT2D eigenvalue weighted by Gasteiger charge is 1.95. The van der Waals surface area contributed by atoms with Gasteiger partial charge in [-0.3, -0.25) is 0 Å². The Kier molecular flexibility index (Phi) is 8.26. The molecule has 0 aliphatic heterocycles. The van der Waals surface area contributed by atoms with E-state index >= 15 is 0 Å². The molecule has 0 rings (SSSR count). The molecule has 0 aliphatic carbocycles. The number of rotatable bonds is 6. The van der Waals surface area contributed by atoms with E-state index in [9.17, 15) is 0 Å². The van der Waals surface area contributed by atoms with Crippen molar-refractivity contribution < 1.29 is 0 Å². The summed E-state index contributed by atoms with van der Waals surface area (Å²) < 4.78 is 0. The molecular weight excluding hydrogens is 168 g/mol. The Morgan fingerprint density at radius 1 is 1.30 bits per heavy atom. The second kappa shape index (κ2) is 7.75. The normalized spacial score (nSPS) is 10.8. The standard InChI is InChI=1S/C7H16Si3/c1-3-4-5-6-7-9-10(2)8/h3-7H2,1-2H3. The van der Waals surface area contributed by atoms with Crippen LogP contribution in [-0.2, 0) is 0 Å². The molecule has 6 radical (unpaired) electrons. The van der Waals surface area contributed by atoms with Crippen LogP contribution in [0.5, 0.6) is 0 Å². The van der Waals surface area contributed by atoms with Gasteiger partial charge in [0.15, 0.2) is 0 Å². The summed E-state index contributed by atoms with van der Waals surface area (Å²) in [6.45, 7) is 4.60. The van der Waals surface area contributed by atoms with E-state index in [-0.39, 0.29) is 7.83 Å². The van der Waals surface area contributed by atoms with E-state index in [0.717, 1.165) is 0 Å². The molecule has 0 saturated heterocycles. The molecule has 0 N–H and O–H groups in total. The molecule has 0 aliphatic rings. The second-order valence-electron chi connectivity index (χ2n) is 2.61. The summed E-state index contributed by atoms with van der Waals surface area (Å²) in [5.41, 5.74) is 0. The third kappa shape index (κ3) is 8.65. The van der Waals surface area contributed by atoms with Crippen molar-refractivity contribution >= 4 is 26.6 Å². The van der Waals surface area contributed by atoms with Gasteiger partial charge in [-0.25, -0.2) is 0 Å². The Labute approximate surface area is 72.2 Å². The van der Waals surface area contributed by atoms with E-state index in [2.05, 4.69) is 23.2 Å². The van der Waals surface area contributed by atoms with Gasteiger partial charge in [0.25, 0.3) is 0 Å². The first-order valence-corrected chi connectivity index (χ1v) is 9.77. The van der Waals surface area contributed by atoms with Crippen LogP contribution in [0.25, 0.3) is 0 Å². The smallest absolute Gasteiger partial charge is 0.0216 e. The number of unbranched alkanes of at least 4 members (excludes halogenated alkanes) is 3. The first-order valence-electron chi connectivity index (χ1n) is 4.06. The largest absolute Gasteiger partial charge is 0.0761 e. The molecule has 0 amide bonds. The molecule has 0 heterocycles. The lowest BCUT2D eigenvalue weighted by Gasteiger charge is -2.00. The first-order chi connectivity index (χ1) is 4.77. The fourth-order valence-electron chi connectivity index (χ4n) is 0.828. The molecule has 0 unspecified atom stereocenters. The van der Waals surface area contributed by atoms with E-state index in [1.165, 1.54) is 40.8 Å². The average Bonchev–Trinajstić information content (AvgIpc) is 1.87. The SMILES string of the molecule is CCCCCC[Si][Si](C)[Si]. The van der Waals surface area contributed by atoms with Crippen molar-refractivity contribution in [2.24, 2.45) is 0 Å². The zero-order valence-corrected chi connectivity index (χ0v) is 10.0. The molecule has 0 fully saturated rings. The molecular formula is C7H16Si3. The summed E-state index contributed by atoms with van der Waals surface area (Å²) in [4.78, 5) is 0. The molecule has 56 valence electrons. The van der Waals surface area contributed by atoms with Gasteiger partial charge in [-0.05, 0) is 0 Å². The fraction of sp³-hybridized carbons (Fsp3) is 1.00. The summed E-state index contributed by atoms with van der Waals surface area (Å²) in [6, 6.07) is 1.47. The van der Waals surface area contributed by atoms with Gasteiger partial charge >= 0.3 is 0 Å². The molecule has 0 aromatic heterocycles. The van der Waals surface area contributed by atoms with Crippen molar-refractivity contribution in [3.63, 3.8) is 0 Å². The van der Waals surface area contributed by atoms with Crippen molar-refractivity contribution in [2.75, 3.05) is 0 Å². The molecule has 0 spiro atoms. The molecule has 0 aromatic carbocycles. The van der Waals surface area contributed by atoms with E-state index in [1.54, 1.807) is 0 Å². The lowest BCUT2D eigenvalue weighted by atomic mass is 10.2. The van der Waals surface area contributed by atoms with Gasteiger partial charge < -0.3 is 0 Å². The first kappa shape index (κ1) is 10.7. The monoisotopic (exact) mass is 184 g/mol. The van der Waals surface area contributed by atoms with Gasteiger partial charge in [0.1, 0.15) is 0 Å². The van der Waals surface area contributed by atoms with E-state index < -0.39 is 0 Å². The predicted molar refractivity (Wildman–Crippen MR) is 52.1 cm³/mol. The topological polar surface area (TPSA) is 0 Å². The van der Waals surface area contributed by atoms with Crippen LogP contribution in [0, 0.1) is 0 Å². The van der Waals surface area contributed by atoms with Gasteiger partial charge in [0.05, 0.1) is 0 Å². The minimum Gasteiger partial charge on any atom is -0.0761 e. The van der Waals surface area contributed by atoms with Crippen LogP contribution < -0.4 is 0 Å². The summed E-state index contributed by atoms with van der Waals surface area (Å²) in [5, 5.41) is 0. The quantitative estimate of drug-likeness (QED) is 0.437. The van der Waals surface area contributed by atoms with Gasteiger partial charge in [-0.1, -0.05) is 45.2 Å². The van der Waals surface area contributed by atoms with Crippen molar-refractivity contribution in [1.82, 2.24) is 0 Å². The minimum atomic E-state index is -0.0884. The summed E-state index contributed by atoms with van der Waals surface area (Å²) >= 11 is 0. The Morgan fingerprint density at radius 3 is 2.50 bits per heavy atom. The highest BCUT2D eigenvalue weighted by atomic mass is 29.5. The van der Waals surface area contributed by atoms with Gasteiger partial charge in [-0.15, -0.1) is 0 Å². The maximum absolute atomic E-state index is 3.70. The highest BCUT2D eigenvalue weighted by molar-refractivity contribution is 7.34. The lowest BCUT2D eigenvalue weighted by Crippen LogP contribution is -2.17. The summed E-state index contributed by atoms with van der Waals surface area (Å²) in [6.07, 6.45) is 5.70. The number of hydrogen-bond acceptors (Lipinski definition) is 0. The fourth-order valence-corrected chi connectivity index (χ4v) is 4.41. The zero-order valence-electron chi connectivity index (χ0n) is 7.04. The third-order valence-electron chi connectivity index (χ3n) is 1.42. The molecule has 10 heavy (non-hydrogen) atoms. The summed E-state index contributed by atoms with van der Waals surface area (Å²) in [5.74, 6) is 0. The van der Waals surface area contributed by atoms with Gasteiger partial charge in [-0.2, -0.15) is 0 Å². The summed E-state index contributed by atoms with van der Waals surface area (Å²) in [7, 11) is 4.83. The Morgan fingerprint density at radius 2 is 2.00 bits per heavy atom. The van der Waals surface area contributed by atoms with E-state index in [4.69, 9.17) is 0 Å². The van der Waals surface area contributed by atoms with Crippen LogP contribution in [0.3, 0.4) is 0 Å². The molecule has 0 atom stereocenters. The van der Waals surface area contributed by atoms with E-state index in [1.807, 2.05) is 0 Å². The van der Waals surface area contributed by atoms with Crippen LogP contribution in [0.2, 0.25) is 12.6 Å². The highest BCUT2D eigenvalue weighted by Crippen LogP contribution is 2.01. The zero-order chi connectivity index (χ0) is 7.82. The van der Waals surface area contributed by atoms with Gasteiger partial charge in [0, 0.05) is 26.6 Å². The Hall–Kier alpha value is 0.651. The lowest BCUT2D eigenvalue weighted by molar-refractivity contribution is 0.701. The van der Waals surface area contributed by atoms with Crippen molar-refractivity contribution in [1.29, 1.82) is 0 Å². The van der Waals surface area contributed by atoms with Crippen LogP contribution in [0.1, 0.15) is 32.6 Å². The average molecular weight is 184 g/mol. The van der Waals surface area contributed by atoms with Crippen LogP contribution in [0.4, 0.5) is 0 Å². The Balaban J connectivity index is 2.77. The molecule has 0 saturated carbocycles. The maximum atomic E-state index is 3.70. The Bertz CT molecular complexity index is 63.9. The van der Waals surface area contributed by atoms with Crippen molar-refractivity contribution in [3.8, 4) is 0 Å². The number of hydrogen-bond donors (Lipinski definition) is 0. The van der Waals surface area contributed by atoms with Gasteiger partial charge in [0.2, 0.25) is 0 Å². The van der Waals surface area contributed by atoms with Crippen LogP contribution in [-0.4, -0.2) is 26.6 Å². The van der Waals surface area contributed by atoms with E-state index in [0.29, 0.717) is 0 Å². The van der Waals surface area contributed by atoms with Crippen LogP contribution >= 0.6 is 0 Å². The van der Waals surface area contributed by atoms with Crippen molar-refractivity contribution in [2.45, 2.75) is 45.2 Å². The maximum Gasteiger partial charge on any atom is 0.0216 e. The van der Waals surface area contributed by atoms with Crippen molar-refractivity contribution in [3.05, 3.63) is 0 Å². The second-order valence-corrected chi connectivity index (χ2v) is 11.8. The predicted octanol–water partition coefficient (Wildman–Crippen LogP) is 1.98. The molecule has 0 nitrogen and oxygen atoms in total. The molecule has 3 heteroatoms. The molecule has 0 bridgehead atoms. The van der Waals surface area contributed by atoms with Crippen LogP contribution in [0.15, 0.2) is 0 Å². The minimum absolute atomic E-state index is 0.0884.